The van der Waals surface area contributed by atoms with Gasteiger partial charge in [-0.3, -0.25) is 0 Å². The highest BCUT2D eigenvalue weighted by Crippen LogP contribution is 2.21. The van der Waals surface area contributed by atoms with E-state index in [1.54, 1.807) is 0 Å². The van der Waals surface area contributed by atoms with Crippen molar-refractivity contribution in [3.05, 3.63) is 29.3 Å². The monoisotopic (exact) mass is 160 g/mol. The second-order valence-corrected chi connectivity index (χ2v) is 2.53. The summed E-state index contributed by atoms with van der Waals surface area (Å²) in [5.41, 5.74) is 1.92. The molecule has 0 aromatic heterocycles. The first-order valence-corrected chi connectivity index (χ1v) is 3.98. The summed E-state index contributed by atoms with van der Waals surface area (Å²) in [6, 6.07) is 5.82. The zero-order valence-corrected chi connectivity index (χ0v) is 7.42. The van der Waals surface area contributed by atoms with Gasteiger partial charge in [0, 0.05) is 0 Å². The maximum Gasteiger partial charge on any atom is 0.137 e. The third-order valence-corrected chi connectivity index (χ3v) is 1.66. The predicted molar refractivity (Wildman–Crippen MR) is 50.3 cm³/mol. The van der Waals surface area contributed by atoms with Crippen molar-refractivity contribution in [2.45, 2.75) is 13.8 Å². The largest absolute Gasteiger partial charge is 0.492 e. The Morgan fingerprint density at radius 3 is 2.83 bits per heavy atom. The summed E-state index contributed by atoms with van der Waals surface area (Å²) in [6.07, 6.45) is 5.32. The standard InChI is InChI=1S/C11H12O/c1-4-10-8-6-7-9(3)11(10)12-5-2/h1,6-8H,5H2,2-3H3. The van der Waals surface area contributed by atoms with Crippen LogP contribution in [-0.4, -0.2) is 6.61 Å². The van der Waals surface area contributed by atoms with Crippen LogP contribution in [0.2, 0.25) is 0 Å². The summed E-state index contributed by atoms with van der Waals surface area (Å²) in [4.78, 5) is 0. The summed E-state index contributed by atoms with van der Waals surface area (Å²) in [6.45, 7) is 4.60. The lowest BCUT2D eigenvalue weighted by molar-refractivity contribution is 0.337. The Balaban J connectivity index is 3.13. The molecule has 0 saturated heterocycles. The van der Waals surface area contributed by atoms with Crippen LogP contribution in [0, 0.1) is 19.3 Å². The molecule has 0 heterocycles. The summed E-state index contributed by atoms with van der Waals surface area (Å²) in [5, 5.41) is 0. The van der Waals surface area contributed by atoms with Crippen molar-refractivity contribution >= 4 is 0 Å². The third-order valence-electron chi connectivity index (χ3n) is 1.66. The quantitative estimate of drug-likeness (QED) is 0.603. The first kappa shape index (κ1) is 8.67. The molecule has 0 aliphatic carbocycles. The summed E-state index contributed by atoms with van der Waals surface area (Å²) in [7, 11) is 0. The molecule has 0 N–H and O–H groups in total. The number of para-hydroxylation sites is 1. The van der Waals surface area contributed by atoms with Crippen LogP contribution in [0.1, 0.15) is 18.1 Å². The van der Waals surface area contributed by atoms with Crippen molar-refractivity contribution in [1.82, 2.24) is 0 Å². The molecule has 0 amide bonds. The van der Waals surface area contributed by atoms with Crippen molar-refractivity contribution in [2.24, 2.45) is 0 Å². The molecular formula is C11H12O. The molecule has 0 saturated carbocycles. The molecule has 1 nitrogen and oxygen atoms in total. The second kappa shape index (κ2) is 3.82. The minimum Gasteiger partial charge on any atom is -0.492 e. The Morgan fingerprint density at radius 2 is 2.25 bits per heavy atom. The van der Waals surface area contributed by atoms with E-state index in [0.717, 1.165) is 16.9 Å². The average Bonchev–Trinajstić information content (AvgIpc) is 2.09. The lowest BCUT2D eigenvalue weighted by Gasteiger charge is -2.08. The number of ether oxygens (including phenoxy) is 1. The van der Waals surface area contributed by atoms with Crippen molar-refractivity contribution in [2.75, 3.05) is 6.61 Å². The normalized spacial score (nSPS) is 9.08. The molecule has 1 heteroatoms. The van der Waals surface area contributed by atoms with Crippen LogP contribution in [0.25, 0.3) is 0 Å². The lowest BCUT2D eigenvalue weighted by atomic mass is 10.1. The first-order valence-electron chi connectivity index (χ1n) is 3.98. The van der Waals surface area contributed by atoms with Gasteiger partial charge in [0.15, 0.2) is 0 Å². The number of hydrogen-bond donors (Lipinski definition) is 0. The van der Waals surface area contributed by atoms with Gasteiger partial charge >= 0.3 is 0 Å². The minimum absolute atomic E-state index is 0.652. The van der Waals surface area contributed by atoms with Crippen molar-refractivity contribution in [1.29, 1.82) is 0 Å². The van der Waals surface area contributed by atoms with E-state index >= 15 is 0 Å². The van der Waals surface area contributed by atoms with Gasteiger partial charge in [0.1, 0.15) is 5.75 Å². The highest BCUT2D eigenvalue weighted by atomic mass is 16.5. The van der Waals surface area contributed by atoms with E-state index in [2.05, 4.69) is 5.92 Å². The molecule has 0 aliphatic heterocycles. The molecule has 1 aromatic carbocycles. The van der Waals surface area contributed by atoms with E-state index in [-0.39, 0.29) is 0 Å². The van der Waals surface area contributed by atoms with Gasteiger partial charge in [0.05, 0.1) is 12.2 Å². The fourth-order valence-corrected chi connectivity index (χ4v) is 1.10. The first-order chi connectivity index (χ1) is 5.79. The van der Waals surface area contributed by atoms with Gasteiger partial charge < -0.3 is 4.74 Å². The maximum atomic E-state index is 5.42. The molecule has 0 atom stereocenters. The van der Waals surface area contributed by atoms with E-state index in [1.165, 1.54) is 0 Å². The Kier molecular flexibility index (Phi) is 2.76. The number of hydrogen-bond acceptors (Lipinski definition) is 1. The van der Waals surface area contributed by atoms with Crippen LogP contribution in [0.3, 0.4) is 0 Å². The van der Waals surface area contributed by atoms with Crippen molar-refractivity contribution < 1.29 is 4.74 Å². The topological polar surface area (TPSA) is 9.23 Å². The average molecular weight is 160 g/mol. The van der Waals surface area contributed by atoms with Crippen LogP contribution in [0.5, 0.6) is 5.75 Å². The predicted octanol–water partition coefficient (Wildman–Crippen LogP) is 2.38. The zero-order valence-electron chi connectivity index (χ0n) is 7.42. The van der Waals surface area contributed by atoms with Crippen LogP contribution >= 0.6 is 0 Å². The molecule has 0 radical (unpaired) electrons. The smallest absolute Gasteiger partial charge is 0.137 e. The molecule has 0 unspecified atom stereocenters. The third kappa shape index (κ3) is 1.60. The SMILES string of the molecule is C#Cc1cccc(C)c1OCC. The van der Waals surface area contributed by atoms with E-state index in [1.807, 2.05) is 32.0 Å². The fourth-order valence-electron chi connectivity index (χ4n) is 1.10. The fraction of sp³-hybridized carbons (Fsp3) is 0.273. The highest BCUT2D eigenvalue weighted by Gasteiger charge is 2.02. The van der Waals surface area contributed by atoms with Gasteiger partial charge in [-0.2, -0.15) is 0 Å². The van der Waals surface area contributed by atoms with Gasteiger partial charge in [-0.05, 0) is 25.5 Å². The van der Waals surface area contributed by atoms with Crippen molar-refractivity contribution in [3.63, 3.8) is 0 Å². The van der Waals surface area contributed by atoms with E-state index in [9.17, 15) is 0 Å². The van der Waals surface area contributed by atoms with Crippen LogP contribution < -0.4 is 4.74 Å². The molecule has 0 spiro atoms. The molecule has 62 valence electrons. The summed E-state index contributed by atoms with van der Waals surface area (Å²) < 4.78 is 5.42. The van der Waals surface area contributed by atoms with Gasteiger partial charge in [-0.1, -0.05) is 18.1 Å². The molecule has 12 heavy (non-hydrogen) atoms. The van der Waals surface area contributed by atoms with Crippen molar-refractivity contribution in [3.8, 4) is 18.1 Å². The van der Waals surface area contributed by atoms with Gasteiger partial charge in [-0.25, -0.2) is 0 Å². The highest BCUT2D eigenvalue weighted by molar-refractivity contribution is 5.49. The zero-order chi connectivity index (χ0) is 8.97. The Hall–Kier alpha value is -1.42. The van der Waals surface area contributed by atoms with Gasteiger partial charge in [0.25, 0.3) is 0 Å². The van der Waals surface area contributed by atoms with E-state index < -0.39 is 0 Å². The van der Waals surface area contributed by atoms with Crippen LogP contribution in [-0.2, 0) is 0 Å². The number of benzene rings is 1. The van der Waals surface area contributed by atoms with E-state index in [4.69, 9.17) is 11.2 Å². The number of aryl methyl sites for hydroxylation is 1. The molecule has 0 fully saturated rings. The minimum atomic E-state index is 0.652. The molecule has 1 aromatic rings. The molecule has 0 aliphatic rings. The number of rotatable bonds is 2. The van der Waals surface area contributed by atoms with Crippen LogP contribution in [0.4, 0.5) is 0 Å². The molecule has 0 bridgehead atoms. The Bertz CT molecular complexity index is 307. The lowest BCUT2D eigenvalue weighted by Crippen LogP contribution is -1.96. The van der Waals surface area contributed by atoms with Gasteiger partial charge in [-0.15, -0.1) is 6.42 Å². The van der Waals surface area contributed by atoms with E-state index in [0.29, 0.717) is 6.61 Å². The van der Waals surface area contributed by atoms with Gasteiger partial charge in [0.2, 0.25) is 0 Å². The molecule has 1 rings (SSSR count). The second-order valence-electron chi connectivity index (χ2n) is 2.53. The maximum absolute atomic E-state index is 5.42. The Morgan fingerprint density at radius 1 is 1.50 bits per heavy atom. The summed E-state index contributed by atoms with van der Waals surface area (Å²) >= 11 is 0. The molecular weight excluding hydrogens is 148 g/mol. The summed E-state index contributed by atoms with van der Waals surface area (Å²) in [5.74, 6) is 3.43. The van der Waals surface area contributed by atoms with Crippen LogP contribution in [0.15, 0.2) is 18.2 Å². The Labute approximate surface area is 73.4 Å². The number of terminal acetylenes is 1.